The van der Waals surface area contributed by atoms with Gasteiger partial charge in [-0.2, -0.15) is 4.31 Å². The Bertz CT molecular complexity index is 625. The predicted octanol–water partition coefficient (Wildman–Crippen LogP) is 0.620. The fourth-order valence-corrected chi connectivity index (χ4v) is 3.47. The first-order chi connectivity index (χ1) is 10.8. The molecule has 7 heteroatoms. The number of β-amino-alcohol motifs (C(OH)–C–C–N with tert-alkyl or cyclic N) is 1. The number of ether oxygens (including phenoxy) is 1. The fourth-order valence-electron chi connectivity index (χ4n) is 2.64. The van der Waals surface area contributed by atoms with E-state index >= 15 is 0 Å². The average Bonchev–Trinajstić information content (AvgIpc) is 2.48. The summed E-state index contributed by atoms with van der Waals surface area (Å²) in [5.74, 6) is 0.797. The molecule has 1 heterocycles. The van der Waals surface area contributed by atoms with Crippen LogP contribution in [0.1, 0.15) is 11.1 Å². The largest absolute Gasteiger partial charge is 0.491 e. The number of aryl methyl sites for hydroxylation is 2. The van der Waals surface area contributed by atoms with E-state index in [-0.39, 0.29) is 6.61 Å². The summed E-state index contributed by atoms with van der Waals surface area (Å²) >= 11 is 0. The molecule has 130 valence electrons. The molecular weight excluding hydrogens is 316 g/mol. The average molecular weight is 342 g/mol. The van der Waals surface area contributed by atoms with E-state index in [1.54, 1.807) is 0 Å². The molecule has 0 spiro atoms. The summed E-state index contributed by atoms with van der Waals surface area (Å²) in [6, 6.07) is 5.99. The normalized spacial score (nSPS) is 18.8. The van der Waals surface area contributed by atoms with Crippen LogP contribution in [0, 0.1) is 13.8 Å². The van der Waals surface area contributed by atoms with Gasteiger partial charge in [-0.25, -0.2) is 8.42 Å². The van der Waals surface area contributed by atoms with Crippen LogP contribution >= 0.6 is 0 Å². The van der Waals surface area contributed by atoms with E-state index in [2.05, 4.69) is 4.90 Å². The molecular formula is C16H26N2O4S. The standard InChI is InChI=1S/C16H26N2O4S/c1-13-4-5-14(2)16(10-13)22-12-15(19)11-17-6-8-18(9-7-17)23(3,20)21/h4-5,10,15,19H,6-9,11-12H2,1-3H3. The van der Waals surface area contributed by atoms with Gasteiger partial charge in [0.1, 0.15) is 18.5 Å². The molecule has 6 nitrogen and oxygen atoms in total. The summed E-state index contributed by atoms with van der Waals surface area (Å²) < 4.78 is 30.1. The topological polar surface area (TPSA) is 70.1 Å². The lowest BCUT2D eigenvalue weighted by atomic mass is 10.1. The van der Waals surface area contributed by atoms with Crippen LogP contribution < -0.4 is 4.74 Å². The van der Waals surface area contributed by atoms with Crippen molar-refractivity contribution in [3.05, 3.63) is 29.3 Å². The molecule has 1 saturated heterocycles. The van der Waals surface area contributed by atoms with Crippen molar-refractivity contribution >= 4 is 10.0 Å². The quantitative estimate of drug-likeness (QED) is 0.821. The van der Waals surface area contributed by atoms with Crippen LogP contribution in [0.5, 0.6) is 5.75 Å². The summed E-state index contributed by atoms with van der Waals surface area (Å²) in [5, 5.41) is 10.2. The molecule has 0 aliphatic carbocycles. The second-order valence-electron chi connectivity index (χ2n) is 6.20. The highest BCUT2D eigenvalue weighted by Gasteiger charge is 2.24. The summed E-state index contributed by atoms with van der Waals surface area (Å²) in [6.45, 7) is 6.92. The molecule has 2 rings (SSSR count). The van der Waals surface area contributed by atoms with E-state index in [0.29, 0.717) is 32.7 Å². The van der Waals surface area contributed by atoms with Gasteiger partial charge in [0.15, 0.2) is 0 Å². The Balaban J connectivity index is 1.77. The van der Waals surface area contributed by atoms with Gasteiger partial charge in [0, 0.05) is 32.7 Å². The van der Waals surface area contributed by atoms with Gasteiger partial charge in [-0.05, 0) is 31.0 Å². The number of benzene rings is 1. The molecule has 0 radical (unpaired) electrons. The van der Waals surface area contributed by atoms with Gasteiger partial charge in [0.2, 0.25) is 10.0 Å². The molecule has 23 heavy (non-hydrogen) atoms. The van der Waals surface area contributed by atoms with Crippen LogP contribution in [0.25, 0.3) is 0 Å². The van der Waals surface area contributed by atoms with Crippen LogP contribution in [0.15, 0.2) is 18.2 Å². The minimum Gasteiger partial charge on any atom is -0.491 e. The minimum absolute atomic E-state index is 0.233. The molecule has 0 aromatic heterocycles. The first-order valence-corrected chi connectivity index (χ1v) is 9.66. The minimum atomic E-state index is -3.11. The van der Waals surface area contributed by atoms with Crippen molar-refractivity contribution in [3.8, 4) is 5.75 Å². The second kappa shape index (κ2) is 7.61. The number of hydrogen-bond acceptors (Lipinski definition) is 5. The van der Waals surface area contributed by atoms with Crippen LogP contribution in [0.2, 0.25) is 0 Å². The summed E-state index contributed by atoms with van der Waals surface area (Å²) in [4.78, 5) is 2.07. The van der Waals surface area contributed by atoms with Crippen molar-refractivity contribution in [2.24, 2.45) is 0 Å². The summed E-state index contributed by atoms with van der Waals surface area (Å²) in [5.41, 5.74) is 2.17. The molecule has 1 aliphatic heterocycles. The van der Waals surface area contributed by atoms with Crippen LogP contribution in [0.4, 0.5) is 0 Å². The molecule has 1 atom stereocenters. The van der Waals surface area contributed by atoms with Gasteiger partial charge in [-0.1, -0.05) is 12.1 Å². The second-order valence-corrected chi connectivity index (χ2v) is 8.18. The zero-order valence-electron chi connectivity index (χ0n) is 14.0. The lowest BCUT2D eigenvalue weighted by Gasteiger charge is -2.34. The van der Waals surface area contributed by atoms with Crippen LogP contribution in [-0.4, -0.2) is 74.4 Å². The first kappa shape index (κ1) is 18.2. The zero-order valence-corrected chi connectivity index (χ0v) is 14.8. The molecule has 1 N–H and O–H groups in total. The highest BCUT2D eigenvalue weighted by atomic mass is 32.2. The molecule has 0 amide bonds. The third-order valence-corrected chi connectivity index (χ3v) is 5.35. The summed E-state index contributed by atoms with van der Waals surface area (Å²) in [7, 11) is -3.11. The fraction of sp³-hybridized carbons (Fsp3) is 0.625. The highest BCUT2D eigenvalue weighted by Crippen LogP contribution is 2.19. The number of aliphatic hydroxyl groups excluding tert-OH is 1. The third-order valence-electron chi connectivity index (χ3n) is 4.04. The van der Waals surface area contributed by atoms with Gasteiger partial charge in [-0.15, -0.1) is 0 Å². The van der Waals surface area contributed by atoms with Crippen molar-refractivity contribution in [2.75, 3.05) is 45.6 Å². The number of nitrogens with zero attached hydrogens (tertiary/aromatic N) is 2. The van der Waals surface area contributed by atoms with Crippen molar-refractivity contribution < 1.29 is 18.3 Å². The van der Waals surface area contributed by atoms with Gasteiger partial charge in [0.25, 0.3) is 0 Å². The SMILES string of the molecule is Cc1ccc(C)c(OCC(O)CN2CCN(S(C)(=O)=O)CC2)c1. The van der Waals surface area contributed by atoms with Crippen molar-refractivity contribution in [1.29, 1.82) is 0 Å². The van der Waals surface area contributed by atoms with Crippen LogP contribution in [0.3, 0.4) is 0 Å². The van der Waals surface area contributed by atoms with E-state index in [0.717, 1.165) is 16.9 Å². The molecule has 1 aromatic carbocycles. The Morgan fingerprint density at radius 3 is 2.48 bits per heavy atom. The Hall–Kier alpha value is -1.15. The molecule has 1 aliphatic rings. The van der Waals surface area contributed by atoms with Crippen LogP contribution in [-0.2, 0) is 10.0 Å². The van der Waals surface area contributed by atoms with E-state index in [1.165, 1.54) is 10.6 Å². The van der Waals surface area contributed by atoms with E-state index in [1.807, 2.05) is 32.0 Å². The predicted molar refractivity (Wildman–Crippen MR) is 90.3 cm³/mol. The molecule has 1 unspecified atom stereocenters. The smallest absolute Gasteiger partial charge is 0.211 e. The highest BCUT2D eigenvalue weighted by molar-refractivity contribution is 7.88. The first-order valence-electron chi connectivity index (χ1n) is 7.81. The number of piperazine rings is 1. The van der Waals surface area contributed by atoms with E-state index < -0.39 is 16.1 Å². The maximum absolute atomic E-state index is 11.5. The number of sulfonamides is 1. The maximum atomic E-state index is 11.5. The molecule has 0 bridgehead atoms. The molecule has 1 aromatic rings. The number of aliphatic hydroxyl groups is 1. The molecule has 1 fully saturated rings. The van der Waals surface area contributed by atoms with Gasteiger partial charge >= 0.3 is 0 Å². The van der Waals surface area contributed by atoms with Crippen molar-refractivity contribution in [3.63, 3.8) is 0 Å². The zero-order chi connectivity index (χ0) is 17.0. The van der Waals surface area contributed by atoms with Crippen molar-refractivity contribution in [2.45, 2.75) is 20.0 Å². The van der Waals surface area contributed by atoms with Gasteiger partial charge in [0.05, 0.1) is 6.26 Å². The Morgan fingerprint density at radius 1 is 1.22 bits per heavy atom. The van der Waals surface area contributed by atoms with Gasteiger partial charge < -0.3 is 9.84 Å². The van der Waals surface area contributed by atoms with E-state index in [9.17, 15) is 13.5 Å². The Morgan fingerprint density at radius 2 is 1.87 bits per heavy atom. The maximum Gasteiger partial charge on any atom is 0.211 e. The Kier molecular flexibility index (Phi) is 6.02. The lowest BCUT2D eigenvalue weighted by Crippen LogP contribution is -2.50. The third kappa shape index (κ3) is 5.46. The van der Waals surface area contributed by atoms with Crippen molar-refractivity contribution in [1.82, 2.24) is 9.21 Å². The number of rotatable bonds is 6. The monoisotopic (exact) mass is 342 g/mol. The van der Waals surface area contributed by atoms with E-state index in [4.69, 9.17) is 4.74 Å². The Labute approximate surface area is 138 Å². The van der Waals surface area contributed by atoms with Gasteiger partial charge in [-0.3, -0.25) is 4.90 Å². The number of hydrogen-bond donors (Lipinski definition) is 1. The molecule has 0 saturated carbocycles. The lowest BCUT2D eigenvalue weighted by molar-refractivity contribution is 0.0567. The summed E-state index contributed by atoms with van der Waals surface area (Å²) in [6.07, 6.45) is 0.634.